The van der Waals surface area contributed by atoms with Gasteiger partial charge in [0, 0.05) is 13.1 Å². The van der Waals surface area contributed by atoms with Crippen LogP contribution in [-0.4, -0.2) is 54.9 Å². The van der Waals surface area contributed by atoms with Gasteiger partial charge in [0.05, 0.1) is 24.5 Å². The molecule has 8 heteroatoms. The van der Waals surface area contributed by atoms with Crippen LogP contribution in [0.2, 0.25) is 0 Å². The van der Waals surface area contributed by atoms with Crippen LogP contribution in [0.15, 0.2) is 18.3 Å². The van der Waals surface area contributed by atoms with Gasteiger partial charge in [0.25, 0.3) is 0 Å². The van der Waals surface area contributed by atoms with E-state index >= 15 is 0 Å². The molecular formula is C13H17N5O3. The van der Waals surface area contributed by atoms with Gasteiger partial charge in [-0.1, -0.05) is 0 Å². The number of carbonyl (C=O) groups is 1. The highest BCUT2D eigenvalue weighted by molar-refractivity contribution is 5.66. The van der Waals surface area contributed by atoms with Gasteiger partial charge < -0.3 is 20.4 Å². The third-order valence-corrected chi connectivity index (χ3v) is 3.74. The van der Waals surface area contributed by atoms with E-state index in [-0.39, 0.29) is 12.6 Å². The molecule has 0 unspecified atom stereocenters. The summed E-state index contributed by atoms with van der Waals surface area (Å²) in [6.07, 6.45) is 2.45. The zero-order valence-electron chi connectivity index (χ0n) is 11.4. The summed E-state index contributed by atoms with van der Waals surface area (Å²) < 4.78 is 1.58. The van der Waals surface area contributed by atoms with Gasteiger partial charge in [0.15, 0.2) is 5.65 Å². The number of nitrogens with zero attached hydrogens (tertiary/aromatic N) is 4. The van der Waals surface area contributed by atoms with E-state index in [4.69, 9.17) is 5.11 Å². The van der Waals surface area contributed by atoms with Crippen LogP contribution in [0, 0.1) is 0 Å². The number of fused-ring (bicyclic) bond motifs is 1. The highest BCUT2D eigenvalue weighted by Gasteiger charge is 2.28. The standard InChI is InChI=1S/C13H17N5O3/c19-8-10-7-15-12-4-3-11(16-18(10)12)14-6-9-2-1-5-17(9)13(20)21/h3-4,7,9,19H,1-2,5-6,8H2,(H,14,16)(H,20,21)/t9-/m0/s1. The maximum atomic E-state index is 11.1. The van der Waals surface area contributed by atoms with E-state index in [1.807, 2.05) is 0 Å². The maximum Gasteiger partial charge on any atom is 0.407 e. The number of aromatic nitrogens is 3. The maximum absolute atomic E-state index is 11.1. The number of aliphatic hydroxyl groups is 1. The van der Waals surface area contributed by atoms with Crippen molar-refractivity contribution in [3.63, 3.8) is 0 Å². The Morgan fingerprint density at radius 3 is 3.10 bits per heavy atom. The molecule has 0 spiro atoms. The summed E-state index contributed by atoms with van der Waals surface area (Å²) in [5.41, 5.74) is 1.28. The fourth-order valence-corrected chi connectivity index (χ4v) is 2.64. The van der Waals surface area contributed by atoms with Crippen molar-refractivity contribution in [2.75, 3.05) is 18.4 Å². The Morgan fingerprint density at radius 2 is 2.33 bits per heavy atom. The van der Waals surface area contributed by atoms with Crippen molar-refractivity contribution in [2.45, 2.75) is 25.5 Å². The number of hydrogen-bond donors (Lipinski definition) is 3. The number of rotatable bonds is 4. The Labute approximate surface area is 121 Å². The first kappa shape index (κ1) is 13.6. The first-order valence-electron chi connectivity index (χ1n) is 6.87. The summed E-state index contributed by atoms with van der Waals surface area (Å²) in [6.45, 7) is 0.978. The highest BCUT2D eigenvalue weighted by Crippen LogP contribution is 2.18. The third-order valence-electron chi connectivity index (χ3n) is 3.74. The average Bonchev–Trinajstić information content (AvgIpc) is 3.11. The van der Waals surface area contributed by atoms with Crippen molar-refractivity contribution in [2.24, 2.45) is 0 Å². The minimum absolute atomic E-state index is 0.0277. The van der Waals surface area contributed by atoms with Crippen molar-refractivity contribution in [3.8, 4) is 0 Å². The zero-order valence-corrected chi connectivity index (χ0v) is 11.4. The van der Waals surface area contributed by atoms with Crippen LogP contribution in [0.1, 0.15) is 18.5 Å². The number of amides is 1. The lowest BCUT2D eigenvalue weighted by molar-refractivity contribution is 0.142. The largest absolute Gasteiger partial charge is 0.465 e. The lowest BCUT2D eigenvalue weighted by atomic mass is 10.2. The number of carboxylic acid groups (broad SMARTS) is 1. The fourth-order valence-electron chi connectivity index (χ4n) is 2.64. The molecule has 3 heterocycles. The molecule has 2 aromatic heterocycles. The second-order valence-electron chi connectivity index (χ2n) is 5.05. The topological polar surface area (TPSA) is 103 Å². The summed E-state index contributed by atoms with van der Waals surface area (Å²) in [5, 5.41) is 25.8. The van der Waals surface area contributed by atoms with E-state index in [0.717, 1.165) is 12.8 Å². The summed E-state index contributed by atoms with van der Waals surface area (Å²) in [4.78, 5) is 16.7. The van der Waals surface area contributed by atoms with Crippen LogP contribution in [0.3, 0.4) is 0 Å². The van der Waals surface area contributed by atoms with Crippen LogP contribution in [0.5, 0.6) is 0 Å². The van der Waals surface area contributed by atoms with E-state index in [1.165, 1.54) is 4.90 Å². The van der Waals surface area contributed by atoms with Crippen LogP contribution >= 0.6 is 0 Å². The number of likely N-dealkylation sites (tertiary alicyclic amines) is 1. The van der Waals surface area contributed by atoms with Gasteiger partial charge in [-0.05, 0) is 25.0 Å². The third kappa shape index (κ3) is 2.62. The zero-order chi connectivity index (χ0) is 14.8. The molecule has 2 aromatic rings. The predicted octanol–water partition coefficient (Wildman–Crippen LogP) is 0.776. The minimum Gasteiger partial charge on any atom is -0.465 e. The molecular weight excluding hydrogens is 274 g/mol. The Bertz CT molecular complexity index is 656. The molecule has 0 aromatic carbocycles. The monoisotopic (exact) mass is 291 g/mol. The number of imidazole rings is 1. The summed E-state index contributed by atoms with van der Waals surface area (Å²) in [5.74, 6) is 0.632. The Kier molecular flexibility index (Phi) is 3.61. The van der Waals surface area contributed by atoms with Gasteiger partial charge in [0.2, 0.25) is 0 Å². The number of nitrogens with one attached hydrogen (secondary N) is 1. The van der Waals surface area contributed by atoms with E-state index in [9.17, 15) is 9.90 Å². The summed E-state index contributed by atoms with van der Waals surface area (Å²) >= 11 is 0. The Hall–Kier alpha value is -2.35. The van der Waals surface area contributed by atoms with Crippen LogP contribution < -0.4 is 5.32 Å². The molecule has 112 valence electrons. The predicted molar refractivity (Wildman–Crippen MR) is 75.2 cm³/mol. The lowest BCUT2D eigenvalue weighted by Crippen LogP contribution is -2.38. The van der Waals surface area contributed by atoms with E-state index in [1.54, 1.807) is 22.8 Å². The molecule has 0 saturated carbocycles. The molecule has 3 N–H and O–H groups in total. The lowest BCUT2D eigenvalue weighted by Gasteiger charge is -2.21. The minimum atomic E-state index is -0.875. The van der Waals surface area contributed by atoms with Gasteiger partial charge in [-0.3, -0.25) is 0 Å². The summed E-state index contributed by atoms with van der Waals surface area (Å²) in [6, 6.07) is 3.57. The van der Waals surface area contributed by atoms with Crippen molar-refractivity contribution in [1.29, 1.82) is 0 Å². The number of anilines is 1. The Morgan fingerprint density at radius 1 is 1.48 bits per heavy atom. The van der Waals surface area contributed by atoms with Gasteiger partial charge >= 0.3 is 6.09 Å². The first-order valence-corrected chi connectivity index (χ1v) is 6.87. The fraction of sp³-hybridized carbons (Fsp3) is 0.462. The molecule has 1 aliphatic rings. The van der Waals surface area contributed by atoms with Gasteiger partial charge in [0.1, 0.15) is 5.82 Å². The van der Waals surface area contributed by atoms with Gasteiger partial charge in [-0.2, -0.15) is 0 Å². The van der Waals surface area contributed by atoms with Crippen molar-refractivity contribution in [3.05, 3.63) is 24.0 Å². The second-order valence-corrected chi connectivity index (χ2v) is 5.05. The number of aliphatic hydroxyl groups excluding tert-OH is 1. The summed E-state index contributed by atoms with van der Waals surface area (Å²) in [7, 11) is 0. The normalized spacial score (nSPS) is 18.3. The van der Waals surface area contributed by atoms with Gasteiger partial charge in [-0.25, -0.2) is 14.3 Å². The van der Waals surface area contributed by atoms with E-state index in [0.29, 0.717) is 30.2 Å². The average molecular weight is 291 g/mol. The van der Waals surface area contributed by atoms with Crippen molar-refractivity contribution < 1.29 is 15.0 Å². The van der Waals surface area contributed by atoms with Crippen LogP contribution in [0.25, 0.3) is 5.65 Å². The molecule has 1 amide bonds. The molecule has 0 aliphatic carbocycles. The molecule has 1 fully saturated rings. The van der Waals surface area contributed by atoms with Crippen LogP contribution in [0.4, 0.5) is 10.6 Å². The van der Waals surface area contributed by atoms with Gasteiger partial charge in [-0.15, -0.1) is 5.10 Å². The van der Waals surface area contributed by atoms with E-state index in [2.05, 4.69) is 15.4 Å². The van der Waals surface area contributed by atoms with Crippen molar-refractivity contribution in [1.82, 2.24) is 19.5 Å². The van der Waals surface area contributed by atoms with Crippen molar-refractivity contribution >= 4 is 17.6 Å². The Balaban J connectivity index is 1.71. The van der Waals surface area contributed by atoms with E-state index < -0.39 is 6.09 Å². The van der Waals surface area contributed by atoms with Crippen LogP contribution in [-0.2, 0) is 6.61 Å². The second kappa shape index (κ2) is 5.57. The smallest absolute Gasteiger partial charge is 0.407 e. The molecule has 8 nitrogen and oxygen atoms in total. The molecule has 1 aliphatic heterocycles. The molecule has 1 saturated heterocycles. The highest BCUT2D eigenvalue weighted by atomic mass is 16.4. The molecule has 1 atom stereocenters. The molecule has 0 radical (unpaired) electrons. The molecule has 3 rings (SSSR count). The quantitative estimate of drug-likeness (QED) is 0.769. The SMILES string of the molecule is O=C(O)N1CCC[C@H]1CNc1ccc2ncc(CO)n2n1. The molecule has 21 heavy (non-hydrogen) atoms. The molecule has 0 bridgehead atoms. The first-order chi connectivity index (χ1) is 10.2. The number of hydrogen-bond acceptors (Lipinski definition) is 5.